The van der Waals surface area contributed by atoms with Gasteiger partial charge in [-0.15, -0.1) is 6.42 Å². The van der Waals surface area contributed by atoms with E-state index in [-0.39, 0.29) is 0 Å². The van der Waals surface area contributed by atoms with E-state index in [2.05, 4.69) is 34.4 Å². The van der Waals surface area contributed by atoms with Gasteiger partial charge in [-0.3, -0.25) is 0 Å². The minimum absolute atomic E-state index is 0.776. The van der Waals surface area contributed by atoms with E-state index >= 15 is 0 Å². The molecule has 0 bridgehead atoms. The molecule has 2 heteroatoms. The number of hydrogen-bond donors (Lipinski definition) is 2. The SMILES string of the molecule is C#Cc1cccc(NCc2c[nH]c3ccccc23)c1. The fourth-order valence-corrected chi connectivity index (χ4v) is 2.19. The molecule has 0 amide bonds. The number of aromatic amines is 1. The van der Waals surface area contributed by atoms with Crippen molar-refractivity contribution in [1.82, 2.24) is 4.98 Å². The molecule has 0 unspecified atom stereocenters. The molecule has 3 rings (SSSR count). The molecule has 0 aliphatic rings. The maximum absolute atomic E-state index is 5.40. The molecule has 1 aromatic heterocycles. The first-order valence-electron chi connectivity index (χ1n) is 6.22. The largest absolute Gasteiger partial charge is 0.381 e. The van der Waals surface area contributed by atoms with Gasteiger partial charge in [0.2, 0.25) is 0 Å². The van der Waals surface area contributed by atoms with E-state index in [0.717, 1.165) is 23.3 Å². The normalized spacial score (nSPS) is 10.3. The first kappa shape index (κ1) is 11.4. The molecule has 92 valence electrons. The van der Waals surface area contributed by atoms with Crippen molar-refractivity contribution >= 4 is 16.6 Å². The van der Waals surface area contributed by atoms with Crippen molar-refractivity contribution in [2.75, 3.05) is 5.32 Å². The molecule has 0 spiro atoms. The van der Waals surface area contributed by atoms with E-state index in [9.17, 15) is 0 Å². The smallest absolute Gasteiger partial charge is 0.0457 e. The standard InChI is InChI=1S/C17H14N2/c1-2-13-6-5-7-15(10-13)18-11-14-12-19-17-9-4-3-8-16(14)17/h1,3-10,12,18-19H,11H2. The topological polar surface area (TPSA) is 27.8 Å². The van der Waals surface area contributed by atoms with Crippen LogP contribution < -0.4 is 5.32 Å². The minimum Gasteiger partial charge on any atom is -0.381 e. The molecule has 19 heavy (non-hydrogen) atoms. The number of para-hydroxylation sites is 1. The number of benzene rings is 2. The van der Waals surface area contributed by atoms with Crippen LogP contribution in [0.5, 0.6) is 0 Å². The Balaban J connectivity index is 1.81. The van der Waals surface area contributed by atoms with E-state index in [0.29, 0.717) is 0 Å². The molecular formula is C17H14N2. The second-order valence-electron chi connectivity index (χ2n) is 4.44. The van der Waals surface area contributed by atoms with Crippen LogP contribution in [0.1, 0.15) is 11.1 Å². The second-order valence-corrected chi connectivity index (χ2v) is 4.44. The number of terminal acetylenes is 1. The van der Waals surface area contributed by atoms with Gasteiger partial charge in [-0.25, -0.2) is 0 Å². The summed E-state index contributed by atoms with van der Waals surface area (Å²) >= 11 is 0. The van der Waals surface area contributed by atoms with Crippen molar-refractivity contribution in [3.8, 4) is 12.3 Å². The molecule has 2 N–H and O–H groups in total. The highest BCUT2D eigenvalue weighted by molar-refractivity contribution is 5.83. The average Bonchev–Trinajstić information content (AvgIpc) is 2.89. The van der Waals surface area contributed by atoms with Gasteiger partial charge in [-0.1, -0.05) is 30.2 Å². The predicted octanol–water partition coefficient (Wildman–Crippen LogP) is 3.76. The third-order valence-electron chi connectivity index (χ3n) is 3.19. The Morgan fingerprint density at radius 3 is 2.89 bits per heavy atom. The number of anilines is 1. The number of aromatic nitrogens is 1. The van der Waals surface area contributed by atoms with Crippen LogP contribution in [-0.4, -0.2) is 4.98 Å². The zero-order valence-corrected chi connectivity index (χ0v) is 10.5. The lowest BCUT2D eigenvalue weighted by Crippen LogP contribution is -1.98. The van der Waals surface area contributed by atoms with E-state index in [1.807, 2.05) is 36.5 Å². The lowest BCUT2D eigenvalue weighted by Gasteiger charge is -2.06. The molecule has 3 aromatic rings. The van der Waals surface area contributed by atoms with E-state index in [4.69, 9.17) is 6.42 Å². The van der Waals surface area contributed by atoms with E-state index in [1.165, 1.54) is 10.9 Å². The molecule has 2 nitrogen and oxygen atoms in total. The quantitative estimate of drug-likeness (QED) is 0.677. The van der Waals surface area contributed by atoms with Gasteiger partial charge >= 0.3 is 0 Å². The van der Waals surface area contributed by atoms with Crippen molar-refractivity contribution in [3.05, 3.63) is 65.9 Å². The fraction of sp³-hybridized carbons (Fsp3) is 0.0588. The highest BCUT2D eigenvalue weighted by Crippen LogP contribution is 2.19. The second kappa shape index (κ2) is 4.91. The summed E-state index contributed by atoms with van der Waals surface area (Å²) in [5, 5.41) is 4.65. The van der Waals surface area contributed by atoms with Crippen LogP contribution in [0.2, 0.25) is 0 Å². The maximum atomic E-state index is 5.40. The highest BCUT2D eigenvalue weighted by Gasteiger charge is 2.02. The van der Waals surface area contributed by atoms with Crippen LogP contribution in [0.15, 0.2) is 54.7 Å². The summed E-state index contributed by atoms with van der Waals surface area (Å²) in [6, 6.07) is 16.2. The number of hydrogen-bond acceptors (Lipinski definition) is 1. The molecule has 0 aliphatic carbocycles. The van der Waals surface area contributed by atoms with Gasteiger partial charge in [0.15, 0.2) is 0 Å². The van der Waals surface area contributed by atoms with Crippen molar-refractivity contribution < 1.29 is 0 Å². The average molecular weight is 246 g/mol. The Hall–Kier alpha value is -2.66. The van der Waals surface area contributed by atoms with Gasteiger partial charge in [-0.05, 0) is 29.8 Å². The minimum atomic E-state index is 0.776. The Kier molecular flexibility index (Phi) is 2.96. The van der Waals surface area contributed by atoms with Crippen molar-refractivity contribution in [2.24, 2.45) is 0 Å². The summed E-state index contributed by atoms with van der Waals surface area (Å²) in [4.78, 5) is 3.27. The van der Waals surface area contributed by atoms with Crippen LogP contribution in [0.3, 0.4) is 0 Å². The monoisotopic (exact) mass is 246 g/mol. The Morgan fingerprint density at radius 1 is 1.11 bits per heavy atom. The van der Waals surface area contributed by atoms with Crippen LogP contribution >= 0.6 is 0 Å². The molecule has 0 radical (unpaired) electrons. The maximum Gasteiger partial charge on any atom is 0.0457 e. The van der Waals surface area contributed by atoms with Gasteiger partial charge in [0.05, 0.1) is 0 Å². The van der Waals surface area contributed by atoms with Gasteiger partial charge in [-0.2, -0.15) is 0 Å². The molecule has 2 aromatic carbocycles. The summed E-state index contributed by atoms with van der Waals surface area (Å²) in [7, 11) is 0. The van der Waals surface area contributed by atoms with Crippen molar-refractivity contribution in [2.45, 2.75) is 6.54 Å². The Bertz CT molecular complexity index is 747. The lowest BCUT2D eigenvalue weighted by atomic mass is 10.1. The molecule has 0 saturated carbocycles. The molecule has 0 fully saturated rings. The zero-order chi connectivity index (χ0) is 13.1. The predicted molar refractivity (Wildman–Crippen MR) is 80.0 cm³/mol. The summed E-state index contributed by atoms with van der Waals surface area (Å²) in [6.07, 6.45) is 7.45. The number of H-pyrrole nitrogens is 1. The first-order valence-corrected chi connectivity index (χ1v) is 6.22. The molecule has 0 aliphatic heterocycles. The van der Waals surface area contributed by atoms with Gasteiger partial charge in [0.1, 0.15) is 0 Å². The number of nitrogens with one attached hydrogen (secondary N) is 2. The summed E-state index contributed by atoms with van der Waals surface area (Å²) in [5.74, 6) is 2.64. The lowest BCUT2D eigenvalue weighted by molar-refractivity contribution is 1.16. The summed E-state index contributed by atoms with van der Waals surface area (Å²) < 4.78 is 0. The molecule has 0 saturated heterocycles. The van der Waals surface area contributed by atoms with E-state index < -0.39 is 0 Å². The zero-order valence-electron chi connectivity index (χ0n) is 10.5. The van der Waals surface area contributed by atoms with Crippen LogP contribution in [0, 0.1) is 12.3 Å². The molecule has 1 heterocycles. The number of rotatable bonds is 3. The molecule has 0 atom stereocenters. The third-order valence-corrected chi connectivity index (χ3v) is 3.19. The van der Waals surface area contributed by atoms with Crippen molar-refractivity contribution in [1.29, 1.82) is 0 Å². The van der Waals surface area contributed by atoms with Crippen LogP contribution in [0.25, 0.3) is 10.9 Å². The van der Waals surface area contributed by atoms with Crippen LogP contribution in [0.4, 0.5) is 5.69 Å². The third kappa shape index (κ3) is 2.31. The van der Waals surface area contributed by atoms with E-state index in [1.54, 1.807) is 0 Å². The Morgan fingerprint density at radius 2 is 2.00 bits per heavy atom. The highest BCUT2D eigenvalue weighted by atomic mass is 14.9. The summed E-state index contributed by atoms with van der Waals surface area (Å²) in [6.45, 7) is 0.776. The first-order chi connectivity index (χ1) is 9.36. The Labute approximate surface area is 112 Å². The number of fused-ring (bicyclic) bond motifs is 1. The van der Waals surface area contributed by atoms with Gasteiger partial charge in [0.25, 0.3) is 0 Å². The summed E-state index contributed by atoms with van der Waals surface area (Å²) in [5.41, 5.74) is 4.35. The van der Waals surface area contributed by atoms with Gasteiger partial charge < -0.3 is 10.3 Å². The molecular weight excluding hydrogens is 232 g/mol. The van der Waals surface area contributed by atoms with Gasteiger partial charge in [0, 0.05) is 34.9 Å². The fourth-order valence-electron chi connectivity index (χ4n) is 2.19. The van der Waals surface area contributed by atoms with Crippen molar-refractivity contribution in [3.63, 3.8) is 0 Å². The van der Waals surface area contributed by atoms with Crippen LogP contribution in [-0.2, 0) is 6.54 Å².